The smallest absolute Gasteiger partial charge is 0.176 e. The van der Waals surface area contributed by atoms with E-state index in [1.807, 2.05) is 0 Å². The molecule has 0 rings (SSSR count). The molecular weight excluding hydrogens is 190 g/mol. The van der Waals surface area contributed by atoms with Gasteiger partial charge in [0.25, 0.3) is 0 Å². The highest BCUT2D eigenvalue weighted by atomic mass is 35.5. The van der Waals surface area contributed by atoms with Gasteiger partial charge in [0.05, 0.1) is 0 Å². The van der Waals surface area contributed by atoms with Gasteiger partial charge >= 0.3 is 0 Å². The fourth-order valence-electron chi connectivity index (χ4n) is 1.37. The van der Waals surface area contributed by atoms with Crippen molar-refractivity contribution in [3.63, 3.8) is 0 Å². The van der Waals surface area contributed by atoms with Crippen LogP contribution in [0, 0.1) is 0 Å². The van der Waals surface area contributed by atoms with Crippen LogP contribution in [0.15, 0.2) is 0 Å². The molecular formula is C8H22ClN3O. The molecule has 0 heterocycles. The van der Waals surface area contributed by atoms with E-state index in [0.29, 0.717) is 0 Å². The molecule has 0 aromatic rings. The van der Waals surface area contributed by atoms with Crippen LogP contribution in [0.25, 0.3) is 0 Å². The van der Waals surface area contributed by atoms with E-state index in [-0.39, 0.29) is 25.2 Å². The zero-order valence-electron chi connectivity index (χ0n) is 8.83. The molecule has 0 bridgehead atoms. The lowest BCUT2D eigenvalue weighted by molar-refractivity contribution is -0.481. The quantitative estimate of drug-likeness (QED) is 0.349. The number of nitrogens with zero attached hydrogens (tertiary/aromatic N) is 2. The number of hydrogen-bond acceptors (Lipinski definition) is 3. The predicted octanol–water partition coefficient (Wildman–Crippen LogP) is -3.87. The summed E-state index contributed by atoms with van der Waals surface area (Å²) in [6.07, 6.45) is -0.0186. The van der Waals surface area contributed by atoms with Gasteiger partial charge in [-0.2, -0.15) is 5.01 Å². The van der Waals surface area contributed by atoms with Crippen molar-refractivity contribution in [2.45, 2.75) is 26.9 Å². The van der Waals surface area contributed by atoms with Gasteiger partial charge in [-0.3, -0.25) is 0 Å². The minimum absolute atomic E-state index is 0. The number of hydrogen-bond donors (Lipinski definition) is 2. The predicted molar refractivity (Wildman–Crippen MR) is 49.1 cm³/mol. The molecule has 4 N–H and O–H groups in total. The van der Waals surface area contributed by atoms with Gasteiger partial charge in [-0.15, -0.1) is 0 Å². The van der Waals surface area contributed by atoms with Crippen molar-refractivity contribution in [1.29, 1.82) is 0 Å². The topological polar surface area (TPSA) is 54.4 Å². The number of likely N-dealkylation sites (N-methyl/N-ethyl adjacent to an activating group) is 1. The molecule has 0 fully saturated rings. The van der Waals surface area contributed by atoms with Crippen molar-refractivity contribution in [2.24, 2.45) is 0 Å². The van der Waals surface area contributed by atoms with E-state index in [1.54, 1.807) is 0 Å². The van der Waals surface area contributed by atoms with E-state index in [2.05, 4.69) is 36.5 Å². The van der Waals surface area contributed by atoms with Gasteiger partial charge in [-0.05, 0) is 0 Å². The minimum atomic E-state index is -0.0186. The molecule has 0 aromatic heterocycles. The van der Waals surface area contributed by atoms with Crippen LogP contribution < -0.4 is 18.1 Å². The van der Waals surface area contributed by atoms with Gasteiger partial charge < -0.3 is 23.2 Å². The fraction of sp³-hybridized carbons (Fsp3) is 1.00. The number of quaternary nitrogens is 1. The van der Waals surface area contributed by atoms with E-state index >= 15 is 0 Å². The highest BCUT2D eigenvalue weighted by Crippen LogP contribution is 1.98. The van der Waals surface area contributed by atoms with Crippen molar-refractivity contribution < 1.29 is 23.2 Å². The van der Waals surface area contributed by atoms with Gasteiger partial charge in [0.1, 0.15) is 6.61 Å². The fourth-order valence-corrected chi connectivity index (χ4v) is 1.37. The first-order valence-electron chi connectivity index (χ1n) is 4.66. The molecule has 0 aliphatic rings. The molecule has 4 nitrogen and oxygen atoms in total. The van der Waals surface area contributed by atoms with Crippen molar-refractivity contribution in [3.05, 3.63) is 0 Å². The van der Waals surface area contributed by atoms with E-state index in [9.17, 15) is 0 Å². The standard InChI is InChI=1S/C8H21N3O.ClH/c1-4-10(5-2)11(6-3)8(9)7-12;/h8,12H,4-7,9H2,1-3H3;1H. The minimum Gasteiger partial charge on any atom is -1.00 e. The molecule has 5 heteroatoms. The Hall–Kier alpha value is 0.130. The average Bonchev–Trinajstić information content (AvgIpc) is 2.12. The van der Waals surface area contributed by atoms with E-state index in [4.69, 9.17) is 5.11 Å². The second-order valence-electron chi connectivity index (χ2n) is 2.73. The highest BCUT2D eigenvalue weighted by molar-refractivity contribution is 4.55. The SMILES string of the molecule is CCN(CC)N(CC)C([NH3+])CO.[Cl-]. The number of halogens is 1. The lowest BCUT2D eigenvalue weighted by Gasteiger charge is -2.33. The number of rotatable bonds is 6. The maximum Gasteiger partial charge on any atom is 0.176 e. The first-order chi connectivity index (χ1) is 5.71. The Balaban J connectivity index is 0. The molecule has 0 saturated carbocycles. The van der Waals surface area contributed by atoms with Crippen LogP contribution in [0.2, 0.25) is 0 Å². The van der Waals surface area contributed by atoms with Gasteiger partial charge in [-0.1, -0.05) is 20.8 Å². The van der Waals surface area contributed by atoms with Crippen molar-refractivity contribution in [3.8, 4) is 0 Å². The molecule has 0 spiro atoms. The van der Waals surface area contributed by atoms with Crippen LogP contribution in [-0.2, 0) is 0 Å². The van der Waals surface area contributed by atoms with Crippen LogP contribution in [0.4, 0.5) is 0 Å². The summed E-state index contributed by atoms with van der Waals surface area (Å²) in [5, 5.41) is 13.2. The maximum atomic E-state index is 8.95. The summed E-state index contributed by atoms with van der Waals surface area (Å²) in [4.78, 5) is 0. The molecule has 82 valence electrons. The van der Waals surface area contributed by atoms with Crippen LogP contribution in [0.1, 0.15) is 20.8 Å². The first-order valence-corrected chi connectivity index (χ1v) is 4.66. The molecule has 13 heavy (non-hydrogen) atoms. The highest BCUT2D eigenvalue weighted by Gasteiger charge is 2.19. The monoisotopic (exact) mass is 211 g/mol. The van der Waals surface area contributed by atoms with E-state index in [1.165, 1.54) is 0 Å². The van der Waals surface area contributed by atoms with Crippen LogP contribution in [0.3, 0.4) is 0 Å². The summed E-state index contributed by atoms with van der Waals surface area (Å²) in [5.74, 6) is 0. The largest absolute Gasteiger partial charge is 1.00 e. The number of aliphatic hydroxyl groups is 1. The van der Waals surface area contributed by atoms with Crippen LogP contribution >= 0.6 is 0 Å². The Morgan fingerprint density at radius 2 is 1.62 bits per heavy atom. The van der Waals surface area contributed by atoms with Gasteiger partial charge in [0.2, 0.25) is 0 Å². The van der Waals surface area contributed by atoms with E-state index < -0.39 is 0 Å². The van der Waals surface area contributed by atoms with Crippen LogP contribution in [0.5, 0.6) is 0 Å². The molecule has 0 aliphatic heterocycles. The summed E-state index contributed by atoms with van der Waals surface area (Å²) >= 11 is 0. The average molecular weight is 212 g/mol. The lowest BCUT2D eigenvalue weighted by atomic mass is 10.4. The summed E-state index contributed by atoms with van der Waals surface area (Å²) in [6.45, 7) is 9.24. The Morgan fingerprint density at radius 1 is 1.15 bits per heavy atom. The molecule has 1 unspecified atom stereocenters. The van der Waals surface area contributed by atoms with Crippen LogP contribution in [-0.4, -0.2) is 47.5 Å². The second kappa shape index (κ2) is 8.72. The van der Waals surface area contributed by atoms with Crippen molar-refractivity contribution in [2.75, 3.05) is 26.2 Å². The second-order valence-corrected chi connectivity index (χ2v) is 2.73. The Morgan fingerprint density at radius 3 is 1.85 bits per heavy atom. The summed E-state index contributed by atoms with van der Waals surface area (Å²) in [6, 6.07) is 0. The maximum absolute atomic E-state index is 8.95. The van der Waals surface area contributed by atoms with E-state index in [0.717, 1.165) is 19.6 Å². The van der Waals surface area contributed by atoms with Gasteiger partial charge in [0.15, 0.2) is 6.17 Å². The van der Waals surface area contributed by atoms with Gasteiger partial charge in [0, 0.05) is 19.6 Å². The zero-order valence-corrected chi connectivity index (χ0v) is 9.59. The third-order valence-electron chi connectivity index (χ3n) is 2.05. The Labute approximate surface area is 87.1 Å². The molecule has 0 amide bonds. The van der Waals surface area contributed by atoms with Crippen molar-refractivity contribution >= 4 is 0 Å². The lowest BCUT2D eigenvalue weighted by Crippen LogP contribution is -3.00. The zero-order chi connectivity index (χ0) is 9.56. The third kappa shape index (κ3) is 4.78. The van der Waals surface area contributed by atoms with Crippen molar-refractivity contribution in [1.82, 2.24) is 10.0 Å². The third-order valence-corrected chi connectivity index (χ3v) is 2.05. The number of hydrazine groups is 1. The van der Waals surface area contributed by atoms with Gasteiger partial charge in [-0.25, -0.2) is 5.01 Å². The summed E-state index contributed by atoms with van der Waals surface area (Å²) in [7, 11) is 0. The molecule has 1 atom stereocenters. The normalized spacial score (nSPS) is 13.2. The number of aliphatic hydroxyl groups excluding tert-OH is 1. The first kappa shape index (κ1) is 15.6. The Kier molecular flexibility index (Phi) is 10.5. The Bertz CT molecular complexity index is 112. The molecule has 0 radical (unpaired) electrons. The molecule has 0 aliphatic carbocycles. The summed E-state index contributed by atoms with van der Waals surface area (Å²) < 4.78 is 0. The molecule has 0 aromatic carbocycles. The summed E-state index contributed by atoms with van der Waals surface area (Å²) in [5.41, 5.74) is 3.88. The molecule has 0 saturated heterocycles.